The van der Waals surface area contributed by atoms with Crippen molar-refractivity contribution >= 4 is 27.1 Å². The number of carbonyl (C=O) groups is 1. The molecule has 7 heteroatoms. The van der Waals surface area contributed by atoms with Crippen LogP contribution in [0.25, 0.3) is 0 Å². The van der Waals surface area contributed by atoms with E-state index >= 15 is 0 Å². The lowest BCUT2D eigenvalue weighted by Crippen LogP contribution is -2.38. The molecule has 0 saturated carbocycles. The Bertz CT molecular complexity index is 578. The van der Waals surface area contributed by atoms with Gasteiger partial charge in [0.2, 0.25) is 0 Å². The van der Waals surface area contributed by atoms with E-state index in [2.05, 4.69) is 4.98 Å². The lowest BCUT2D eigenvalue weighted by Gasteiger charge is -2.22. The molecule has 106 valence electrons. The van der Waals surface area contributed by atoms with Crippen LogP contribution in [-0.2, 0) is 9.84 Å². The van der Waals surface area contributed by atoms with E-state index in [9.17, 15) is 13.2 Å². The van der Waals surface area contributed by atoms with E-state index in [-0.39, 0.29) is 23.5 Å². The molecular formula is C12H18N2O3S2. The number of thiazole rings is 1. The van der Waals surface area contributed by atoms with Crippen LogP contribution in [0.2, 0.25) is 0 Å². The molecule has 0 aliphatic carbocycles. The molecule has 1 fully saturated rings. The Morgan fingerprint density at radius 2 is 2.21 bits per heavy atom. The highest BCUT2D eigenvalue weighted by atomic mass is 32.2. The zero-order valence-electron chi connectivity index (χ0n) is 11.3. The van der Waals surface area contributed by atoms with Crippen molar-refractivity contribution in [3.05, 3.63) is 16.1 Å². The van der Waals surface area contributed by atoms with Crippen LogP contribution in [0.5, 0.6) is 0 Å². The smallest absolute Gasteiger partial charge is 0.273 e. The monoisotopic (exact) mass is 302 g/mol. The number of sulfone groups is 1. The predicted octanol–water partition coefficient (Wildman–Crippen LogP) is 1.53. The molecule has 2 heterocycles. The van der Waals surface area contributed by atoms with Crippen molar-refractivity contribution in [3.8, 4) is 0 Å². The van der Waals surface area contributed by atoms with Gasteiger partial charge in [-0.25, -0.2) is 13.4 Å². The van der Waals surface area contributed by atoms with E-state index in [0.717, 1.165) is 5.01 Å². The van der Waals surface area contributed by atoms with Crippen molar-refractivity contribution in [2.45, 2.75) is 32.2 Å². The average Bonchev–Trinajstić information content (AvgIpc) is 2.93. The van der Waals surface area contributed by atoms with E-state index in [4.69, 9.17) is 0 Å². The molecule has 0 aromatic carbocycles. The van der Waals surface area contributed by atoms with E-state index in [1.807, 2.05) is 13.8 Å². The summed E-state index contributed by atoms with van der Waals surface area (Å²) in [5.41, 5.74) is 0.417. The Morgan fingerprint density at radius 1 is 1.53 bits per heavy atom. The quantitative estimate of drug-likeness (QED) is 0.849. The van der Waals surface area contributed by atoms with Gasteiger partial charge in [0, 0.05) is 24.4 Å². The number of hydrogen-bond acceptors (Lipinski definition) is 5. The van der Waals surface area contributed by atoms with Gasteiger partial charge in [-0.1, -0.05) is 13.8 Å². The van der Waals surface area contributed by atoms with Crippen LogP contribution in [0.1, 0.15) is 41.7 Å². The molecule has 0 bridgehead atoms. The molecule has 0 radical (unpaired) electrons. The highest BCUT2D eigenvalue weighted by Gasteiger charge is 2.33. The van der Waals surface area contributed by atoms with Crippen molar-refractivity contribution in [3.63, 3.8) is 0 Å². The van der Waals surface area contributed by atoms with Gasteiger partial charge in [0.1, 0.15) is 5.69 Å². The van der Waals surface area contributed by atoms with Crippen molar-refractivity contribution in [1.82, 2.24) is 9.88 Å². The molecule has 1 aliphatic rings. The minimum atomic E-state index is -2.98. The number of amides is 1. The fraction of sp³-hybridized carbons (Fsp3) is 0.667. The first kappa shape index (κ1) is 14.5. The SMILES string of the molecule is CC(C)c1nc(C(=O)N(C)C2CCS(=O)(=O)C2)cs1. The van der Waals surface area contributed by atoms with Gasteiger partial charge in [-0.15, -0.1) is 11.3 Å². The normalized spacial score (nSPS) is 21.8. The van der Waals surface area contributed by atoms with E-state index in [1.54, 1.807) is 12.4 Å². The highest BCUT2D eigenvalue weighted by molar-refractivity contribution is 7.91. The Morgan fingerprint density at radius 3 is 2.68 bits per heavy atom. The molecular weight excluding hydrogens is 284 g/mol. The minimum Gasteiger partial charge on any atom is -0.336 e. The van der Waals surface area contributed by atoms with Gasteiger partial charge < -0.3 is 4.90 Å². The number of nitrogens with zero attached hydrogens (tertiary/aromatic N) is 2. The highest BCUT2D eigenvalue weighted by Crippen LogP contribution is 2.22. The summed E-state index contributed by atoms with van der Waals surface area (Å²) in [7, 11) is -1.32. The largest absolute Gasteiger partial charge is 0.336 e. The zero-order valence-corrected chi connectivity index (χ0v) is 12.9. The van der Waals surface area contributed by atoms with E-state index in [0.29, 0.717) is 18.0 Å². The molecule has 1 aliphatic heterocycles. The number of hydrogen-bond donors (Lipinski definition) is 0. The maximum atomic E-state index is 12.3. The second-order valence-corrected chi connectivity index (χ2v) is 8.32. The molecule has 1 amide bonds. The molecule has 5 nitrogen and oxygen atoms in total. The number of aromatic nitrogens is 1. The fourth-order valence-electron chi connectivity index (χ4n) is 2.08. The van der Waals surface area contributed by atoms with Gasteiger partial charge >= 0.3 is 0 Å². The lowest BCUT2D eigenvalue weighted by atomic mass is 10.2. The van der Waals surface area contributed by atoms with Crippen LogP contribution >= 0.6 is 11.3 Å². The van der Waals surface area contributed by atoms with Crippen LogP contribution < -0.4 is 0 Å². The summed E-state index contributed by atoms with van der Waals surface area (Å²) in [6.07, 6.45) is 0.520. The summed E-state index contributed by atoms with van der Waals surface area (Å²) in [4.78, 5) is 18.1. The number of rotatable bonds is 3. The summed E-state index contributed by atoms with van der Waals surface area (Å²) >= 11 is 1.47. The minimum absolute atomic E-state index is 0.0659. The first-order chi connectivity index (χ1) is 8.80. The molecule has 1 aromatic heterocycles. The molecule has 19 heavy (non-hydrogen) atoms. The second kappa shape index (κ2) is 5.20. The first-order valence-corrected chi connectivity index (χ1v) is 8.93. The Kier molecular flexibility index (Phi) is 3.96. The standard InChI is InChI=1S/C12H18N2O3S2/c1-8(2)11-13-10(6-18-11)12(15)14(3)9-4-5-19(16,17)7-9/h6,8-9H,4-5,7H2,1-3H3. The van der Waals surface area contributed by atoms with Gasteiger partial charge in [0.15, 0.2) is 9.84 Å². The summed E-state index contributed by atoms with van der Waals surface area (Å²) in [6, 6.07) is -0.221. The maximum Gasteiger partial charge on any atom is 0.273 e. The van der Waals surface area contributed by atoms with Crippen LogP contribution in [-0.4, -0.2) is 48.8 Å². The third-order valence-electron chi connectivity index (χ3n) is 3.31. The third kappa shape index (κ3) is 3.14. The Hall–Kier alpha value is -0.950. The van der Waals surface area contributed by atoms with E-state index < -0.39 is 9.84 Å². The Balaban J connectivity index is 2.10. The summed E-state index contributed by atoms with van der Waals surface area (Å²) < 4.78 is 22.9. The molecule has 1 unspecified atom stereocenters. The molecule has 1 aromatic rings. The zero-order chi connectivity index (χ0) is 14.2. The molecule has 0 N–H and O–H groups in total. The summed E-state index contributed by atoms with van der Waals surface area (Å²) in [5, 5.41) is 2.67. The van der Waals surface area contributed by atoms with Crippen LogP contribution in [0.3, 0.4) is 0 Å². The topological polar surface area (TPSA) is 67.3 Å². The van der Waals surface area contributed by atoms with Gasteiger partial charge in [-0.05, 0) is 6.42 Å². The van der Waals surface area contributed by atoms with Gasteiger partial charge in [-0.3, -0.25) is 4.79 Å². The molecule has 2 rings (SSSR count). The Labute approximate surface area is 117 Å². The third-order valence-corrected chi connectivity index (χ3v) is 6.21. The molecule has 1 atom stereocenters. The number of carbonyl (C=O) groups excluding carboxylic acids is 1. The van der Waals surface area contributed by atoms with Crippen LogP contribution in [0.15, 0.2) is 5.38 Å². The summed E-state index contributed by atoms with van der Waals surface area (Å²) in [6.45, 7) is 4.06. The van der Waals surface area contributed by atoms with Gasteiger partial charge in [0.05, 0.1) is 16.5 Å². The van der Waals surface area contributed by atoms with Crippen molar-refractivity contribution in [2.24, 2.45) is 0 Å². The first-order valence-electron chi connectivity index (χ1n) is 6.23. The fourth-order valence-corrected chi connectivity index (χ4v) is 4.66. The molecule has 1 saturated heterocycles. The van der Waals surface area contributed by atoms with Crippen LogP contribution in [0, 0.1) is 0 Å². The van der Waals surface area contributed by atoms with E-state index in [1.165, 1.54) is 16.2 Å². The summed E-state index contributed by atoms with van der Waals surface area (Å²) in [5.74, 6) is 0.342. The van der Waals surface area contributed by atoms with Gasteiger partial charge in [-0.2, -0.15) is 0 Å². The van der Waals surface area contributed by atoms with Crippen molar-refractivity contribution < 1.29 is 13.2 Å². The average molecular weight is 302 g/mol. The van der Waals surface area contributed by atoms with Gasteiger partial charge in [0.25, 0.3) is 5.91 Å². The predicted molar refractivity (Wildman–Crippen MR) is 75.4 cm³/mol. The maximum absolute atomic E-state index is 12.3. The molecule has 0 spiro atoms. The second-order valence-electron chi connectivity index (χ2n) is 5.20. The van der Waals surface area contributed by atoms with Crippen molar-refractivity contribution in [1.29, 1.82) is 0 Å². The van der Waals surface area contributed by atoms with Crippen LogP contribution in [0.4, 0.5) is 0 Å². The lowest BCUT2D eigenvalue weighted by molar-refractivity contribution is 0.0742. The van der Waals surface area contributed by atoms with Crippen molar-refractivity contribution in [2.75, 3.05) is 18.6 Å².